The van der Waals surface area contributed by atoms with Crippen LogP contribution >= 0.6 is 11.3 Å². The SMILES string of the molecule is COC(=O)c1c(NC(=O)COC(=O)c2ccccc2NS(C)(=O)=O)sc2c1CCC2. The molecule has 2 aromatic rings. The Kier molecular flexibility index (Phi) is 6.42. The molecule has 1 aromatic heterocycles. The topological polar surface area (TPSA) is 128 Å². The van der Waals surface area contributed by atoms with E-state index in [9.17, 15) is 22.8 Å². The zero-order chi connectivity index (χ0) is 21.9. The van der Waals surface area contributed by atoms with Crippen molar-refractivity contribution in [3.05, 3.63) is 45.8 Å². The lowest BCUT2D eigenvalue weighted by atomic mass is 10.1. The van der Waals surface area contributed by atoms with Gasteiger partial charge in [-0.05, 0) is 37.0 Å². The van der Waals surface area contributed by atoms with E-state index in [4.69, 9.17) is 9.47 Å². The zero-order valence-electron chi connectivity index (χ0n) is 16.3. The number of para-hydroxylation sites is 1. The van der Waals surface area contributed by atoms with Crippen molar-refractivity contribution in [1.82, 2.24) is 0 Å². The predicted octanol–water partition coefficient (Wildman–Crippen LogP) is 2.19. The average molecular weight is 453 g/mol. The lowest BCUT2D eigenvalue weighted by molar-refractivity contribution is -0.119. The van der Waals surface area contributed by atoms with E-state index in [1.165, 1.54) is 30.6 Å². The van der Waals surface area contributed by atoms with Crippen LogP contribution < -0.4 is 10.0 Å². The number of hydrogen-bond donors (Lipinski definition) is 2. The molecule has 0 aliphatic heterocycles. The highest BCUT2D eigenvalue weighted by Gasteiger charge is 2.28. The number of sulfonamides is 1. The molecule has 11 heteroatoms. The number of anilines is 2. The molecule has 0 saturated heterocycles. The van der Waals surface area contributed by atoms with Crippen LogP contribution in [0, 0.1) is 0 Å². The first-order valence-electron chi connectivity index (χ1n) is 8.96. The van der Waals surface area contributed by atoms with Gasteiger partial charge in [-0.3, -0.25) is 9.52 Å². The fourth-order valence-corrected chi connectivity index (χ4v) is 5.00. The van der Waals surface area contributed by atoms with Crippen molar-refractivity contribution in [3.8, 4) is 0 Å². The molecule has 0 radical (unpaired) electrons. The molecule has 1 amide bonds. The predicted molar refractivity (Wildman–Crippen MR) is 112 cm³/mol. The maximum atomic E-state index is 12.3. The van der Waals surface area contributed by atoms with Crippen LogP contribution in [0.5, 0.6) is 0 Å². The molecule has 0 spiro atoms. The van der Waals surface area contributed by atoms with Crippen molar-refractivity contribution >= 4 is 49.9 Å². The Hall–Kier alpha value is -2.92. The van der Waals surface area contributed by atoms with E-state index in [1.54, 1.807) is 12.1 Å². The van der Waals surface area contributed by atoms with Gasteiger partial charge in [-0.25, -0.2) is 18.0 Å². The molecule has 2 N–H and O–H groups in total. The molecule has 0 unspecified atom stereocenters. The number of amides is 1. The smallest absolute Gasteiger partial charge is 0.341 e. The number of carbonyl (C=O) groups is 3. The Balaban J connectivity index is 1.68. The normalized spacial score (nSPS) is 12.7. The summed E-state index contributed by atoms with van der Waals surface area (Å²) in [6.45, 7) is -0.602. The van der Waals surface area contributed by atoms with Crippen LogP contribution in [0.15, 0.2) is 24.3 Å². The van der Waals surface area contributed by atoms with E-state index in [0.717, 1.165) is 36.0 Å². The van der Waals surface area contributed by atoms with Crippen LogP contribution in [0.25, 0.3) is 0 Å². The summed E-state index contributed by atoms with van der Waals surface area (Å²) in [5.41, 5.74) is 1.26. The number of ether oxygens (including phenoxy) is 2. The minimum absolute atomic E-state index is 0.0268. The summed E-state index contributed by atoms with van der Waals surface area (Å²) in [6, 6.07) is 5.89. The minimum atomic E-state index is -3.60. The maximum absolute atomic E-state index is 12.3. The number of thiophene rings is 1. The monoisotopic (exact) mass is 452 g/mol. The van der Waals surface area contributed by atoms with Crippen LogP contribution in [-0.4, -0.2) is 46.2 Å². The Morgan fingerprint density at radius 1 is 1.13 bits per heavy atom. The van der Waals surface area contributed by atoms with E-state index in [0.29, 0.717) is 10.6 Å². The van der Waals surface area contributed by atoms with E-state index in [-0.39, 0.29) is 11.3 Å². The zero-order valence-corrected chi connectivity index (χ0v) is 17.9. The number of esters is 2. The molecule has 160 valence electrons. The first-order valence-corrected chi connectivity index (χ1v) is 11.7. The number of nitrogens with one attached hydrogen (secondary N) is 2. The van der Waals surface area contributed by atoms with Gasteiger partial charge in [0.2, 0.25) is 10.0 Å². The fraction of sp³-hybridized carbons (Fsp3) is 0.316. The maximum Gasteiger partial charge on any atom is 0.341 e. The van der Waals surface area contributed by atoms with Crippen molar-refractivity contribution in [3.63, 3.8) is 0 Å². The fourth-order valence-electron chi connectivity index (χ4n) is 3.13. The highest BCUT2D eigenvalue weighted by atomic mass is 32.2. The molecular formula is C19H20N2O7S2. The molecule has 1 aromatic carbocycles. The van der Waals surface area contributed by atoms with Gasteiger partial charge in [0.25, 0.3) is 5.91 Å². The number of rotatable bonds is 7. The van der Waals surface area contributed by atoms with E-state index >= 15 is 0 Å². The third-order valence-electron chi connectivity index (χ3n) is 4.34. The summed E-state index contributed by atoms with van der Waals surface area (Å²) in [7, 11) is -2.32. The summed E-state index contributed by atoms with van der Waals surface area (Å²) in [5.74, 6) is -2.01. The van der Waals surface area contributed by atoms with Crippen molar-refractivity contribution in [2.75, 3.05) is 30.0 Å². The second kappa shape index (κ2) is 8.84. The van der Waals surface area contributed by atoms with E-state index < -0.39 is 34.5 Å². The standard InChI is InChI=1S/C19H20N2O7S2/c1-27-19(24)16-12-7-5-9-14(12)29-17(16)20-15(22)10-28-18(23)11-6-3-4-8-13(11)21-30(2,25)26/h3-4,6,8,21H,5,7,9-10H2,1-2H3,(H,20,22). The van der Waals surface area contributed by atoms with Crippen LogP contribution in [0.4, 0.5) is 10.7 Å². The Morgan fingerprint density at radius 3 is 2.57 bits per heavy atom. The molecule has 0 bridgehead atoms. The van der Waals surface area contributed by atoms with E-state index in [1.807, 2.05) is 0 Å². The number of fused-ring (bicyclic) bond motifs is 1. The lowest BCUT2D eigenvalue weighted by Crippen LogP contribution is -2.22. The van der Waals surface area contributed by atoms with Gasteiger partial charge in [0.15, 0.2) is 6.61 Å². The van der Waals surface area contributed by atoms with Crippen LogP contribution in [0.2, 0.25) is 0 Å². The van der Waals surface area contributed by atoms with Crippen LogP contribution in [0.3, 0.4) is 0 Å². The number of benzene rings is 1. The summed E-state index contributed by atoms with van der Waals surface area (Å²) < 4.78 is 35.0. The number of aryl methyl sites for hydroxylation is 1. The van der Waals surface area contributed by atoms with Gasteiger partial charge in [0, 0.05) is 4.88 Å². The first-order chi connectivity index (χ1) is 14.2. The molecule has 9 nitrogen and oxygen atoms in total. The van der Waals surface area contributed by atoms with Gasteiger partial charge < -0.3 is 14.8 Å². The molecule has 0 fully saturated rings. The first kappa shape index (κ1) is 21.8. The van der Waals surface area contributed by atoms with Crippen LogP contribution in [-0.2, 0) is 37.1 Å². The summed E-state index contributed by atoms with van der Waals surface area (Å²) in [4.78, 5) is 37.8. The van der Waals surface area contributed by atoms with Crippen molar-refractivity contribution in [2.45, 2.75) is 19.3 Å². The van der Waals surface area contributed by atoms with Gasteiger partial charge in [0.05, 0.1) is 30.2 Å². The van der Waals surface area contributed by atoms with Crippen molar-refractivity contribution < 1.29 is 32.3 Å². The van der Waals surface area contributed by atoms with Crippen molar-refractivity contribution in [2.24, 2.45) is 0 Å². The van der Waals surface area contributed by atoms with Gasteiger partial charge in [-0.15, -0.1) is 11.3 Å². The molecule has 1 aliphatic carbocycles. The van der Waals surface area contributed by atoms with Gasteiger partial charge in [0.1, 0.15) is 5.00 Å². The molecule has 30 heavy (non-hydrogen) atoms. The lowest BCUT2D eigenvalue weighted by Gasteiger charge is -2.11. The van der Waals surface area contributed by atoms with Gasteiger partial charge >= 0.3 is 11.9 Å². The second-order valence-corrected chi connectivity index (χ2v) is 9.45. The molecule has 0 saturated carbocycles. The van der Waals surface area contributed by atoms with Crippen LogP contribution in [0.1, 0.15) is 37.6 Å². The number of methoxy groups -OCH3 is 1. The number of hydrogen-bond acceptors (Lipinski definition) is 8. The average Bonchev–Trinajstić information content (AvgIpc) is 3.25. The molecular weight excluding hydrogens is 432 g/mol. The highest BCUT2D eigenvalue weighted by Crippen LogP contribution is 2.39. The van der Waals surface area contributed by atoms with Crippen molar-refractivity contribution in [1.29, 1.82) is 0 Å². The summed E-state index contributed by atoms with van der Waals surface area (Å²) >= 11 is 1.31. The molecule has 1 heterocycles. The van der Waals surface area contributed by atoms with Gasteiger partial charge in [-0.2, -0.15) is 0 Å². The number of carbonyl (C=O) groups excluding carboxylic acids is 3. The third kappa shape index (κ3) is 4.97. The Bertz CT molecular complexity index is 1110. The minimum Gasteiger partial charge on any atom is -0.465 e. The Labute approximate surface area is 177 Å². The van der Waals surface area contributed by atoms with E-state index in [2.05, 4.69) is 10.0 Å². The second-order valence-electron chi connectivity index (χ2n) is 6.60. The third-order valence-corrected chi connectivity index (χ3v) is 6.14. The Morgan fingerprint density at radius 2 is 1.87 bits per heavy atom. The van der Waals surface area contributed by atoms with Gasteiger partial charge in [-0.1, -0.05) is 12.1 Å². The molecule has 0 atom stereocenters. The highest BCUT2D eigenvalue weighted by molar-refractivity contribution is 7.92. The quantitative estimate of drug-likeness (QED) is 0.616. The summed E-state index contributed by atoms with van der Waals surface area (Å²) in [5, 5.41) is 2.97. The molecule has 3 rings (SSSR count). The largest absolute Gasteiger partial charge is 0.465 e. The molecule has 1 aliphatic rings. The summed E-state index contributed by atoms with van der Waals surface area (Å²) in [6.07, 6.45) is 3.47.